The Kier molecular flexibility index (Phi) is 5.22. The number of aliphatic carboxylic acids is 1. The quantitative estimate of drug-likeness (QED) is 0.821. The molecule has 0 aliphatic heterocycles. The summed E-state index contributed by atoms with van der Waals surface area (Å²) < 4.78 is 5.40. The van der Waals surface area contributed by atoms with Crippen molar-refractivity contribution in [3.8, 4) is 10.8 Å². The molecule has 134 valence electrons. The third-order valence-electron chi connectivity index (χ3n) is 4.95. The topological polar surface area (TPSA) is 92.4 Å². The number of carboxylic acids is 1. The molecular weight excluding hydrogens is 340 g/mol. The molecular formula is C18H22N2O4S. The molecule has 1 saturated carbocycles. The summed E-state index contributed by atoms with van der Waals surface area (Å²) in [7, 11) is 0. The third-order valence-corrected chi connectivity index (χ3v) is 5.81. The molecule has 0 unspecified atom stereocenters. The van der Waals surface area contributed by atoms with E-state index >= 15 is 0 Å². The van der Waals surface area contributed by atoms with Gasteiger partial charge in [0.05, 0.1) is 17.0 Å². The average Bonchev–Trinajstić information content (AvgIpc) is 3.26. The van der Waals surface area contributed by atoms with Gasteiger partial charge in [0.2, 0.25) is 11.8 Å². The van der Waals surface area contributed by atoms with Gasteiger partial charge >= 0.3 is 5.97 Å². The highest BCUT2D eigenvalue weighted by molar-refractivity contribution is 7.13. The van der Waals surface area contributed by atoms with Crippen LogP contribution >= 0.6 is 11.3 Å². The number of hydrogen-bond acceptors (Lipinski definition) is 5. The van der Waals surface area contributed by atoms with Crippen molar-refractivity contribution in [2.24, 2.45) is 5.92 Å². The smallest absolute Gasteiger partial charge is 0.329 e. The van der Waals surface area contributed by atoms with E-state index in [-0.39, 0.29) is 12.3 Å². The fourth-order valence-corrected chi connectivity index (χ4v) is 4.00. The van der Waals surface area contributed by atoms with Crippen molar-refractivity contribution in [3.05, 3.63) is 29.5 Å². The predicted octanol–water partition coefficient (Wildman–Crippen LogP) is 3.49. The van der Waals surface area contributed by atoms with Gasteiger partial charge in [-0.05, 0) is 43.0 Å². The van der Waals surface area contributed by atoms with Crippen molar-refractivity contribution in [1.29, 1.82) is 0 Å². The van der Waals surface area contributed by atoms with Crippen LogP contribution in [-0.4, -0.2) is 27.5 Å². The Hall–Kier alpha value is -2.15. The molecule has 25 heavy (non-hydrogen) atoms. The molecule has 0 saturated heterocycles. The number of aromatic nitrogens is 1. The molecule has 6 nitrogen and oxygen atoms in total. The second kappa shape index (κ2) is 7.39. The van der Waals surface area contributed by atoms with Gasteiger partial charge in [0.1, 0.15) is 11.8 Å². The Morgan fingerprint density at radius 2 is 2.20 bits per heavy atom. The van der Waals surface area contributed by atoms with Crippen molar-refractivity contribution in [1.82, 2.24) is 10.3 Å². The molecule has 7 heteroatoms. The van der Waals surface area contributed by atoms with E-state index < -0.39 is 11.5 Å². The molecule has 0 radical (unpaired) electrons. The van der Waals surface area contributed by atoms with Crippen LogP contribution in [0.5, 0.6) is 0 Å². The summed E-state index contributed by atoms with van der Waals surface area (Å²) in [6.45, 7) is 2.12. The summed E-state index contributed by atoms with van der Waals surface area (Å²) in [5, 5.41) is 14.3. The van der Waals surface area contributed by atoms with Gasteiger partial charge in [-0.25, -0.2) is 9.78 Å². The normalized spacial score (nSPS) is 23.3. The van der Waals surface area contributed by atoms with E-state index in [9.17, 15) is 14.7 Å². The Balaban J connectivity index is 1.64. The summed E-state index contributed by atoms with van der Waals surface area (Å²) in [5.74, 6) is -0.249. The van der Waals surface area contributed by atoms with Crippen LogP contribution < -0.4 is 5.32 Å². The summed E-state index contributed by atoms with van der Waals surface area (Å²) in [6.07, 6.45) is 5.13. The number of carbonyl (C=O) groups excluding carboxylic acids is 1. The monoisotopic (exact) mass is 362 g/mol. The van der Waals surface area contributed by atoms with Crippen LogP contribution in [0, 0.1) is 5.92 Å². The fraction of sp³-hybridized carbons (Fsp3) is 0.500. The molecule has 3 rings (SSSR count). The van der Waals surface area contributed by atoms with Gasteiger partial charge in [-0.3, -0.25) is 4.79 Å². The number of oxazole rings is 1. The fourth-order valence-electron chi connectivity index (χ4n) is 3.35. The highest BCUT2D eigenvalue weighted by atomic mass is 32.1. The number of amides is 1. The molecule has 2 N–H and O–H groups in total. The van der Waals surface area contributed by atoms with Gasteiger partial charge in [0.15, 0.2) is 0 Å². The maximum absolute atomic E-state index is 12.4. The van der Waals surface area contributed by atoms with E-state index in [1.165, 1.54) is 17.6 Å². The number of carbonyl (C=O) groups is 2. The molecule has 2 aromatic heterocycles. The lowest BCUT2D eigenvalue weighted by Crippen LogP contribution is -2.56. The molecule has 1 aliphatic rings. The zero-order valence-corrected chi connectivity index (χ0v) is 15.0. The predicted molar refractivity (Wildman–Crippen MR) is 94.3 cm³/mol. The molecule has 0 bridgehead atoms. The van der Waals surface area contributed by atoms with E-state index in [1.54, 1.807) is 0 Å². The molecule has 2 aromatic rings. The van der Waals surface area contributed by atoms with Crippen molar-refractivity contribution >= 4 is 23.2 Å². The maximum atomic E-state index is 12.4. The van der Waals surface area contributed by atoms with E-state index in [4.69, 9.17) is 4.42 Å². The second-order valence-corrected chi connectivity index (χ2v) is 7.53. The summed E-state index contributed by atoms with van der Waals surface area (Å²) in [6, 6.07) is 3.80. The van der Waals surface area contributed by atoms with Gasteiger partial charge in [0.25, 0.3) is 0 Å². The van der Waals surface area contributed by atoms with Crippen LogP contribution in [0.4, 0.5) is 0 Å². The number of hydrogen-bond donors (Lipinski definition) is 2. The van der Waals surface area contributed by atoms with Crippen LogP contribution in [0.1, 0.15) is 44.7 Å². The Morgan fingerprint density at radius 1 is 1.44 bits per heavy atom. The first-order valence-electron chi connectivity index (χ1n) is 8.55. The molecule has 0 spiro atoms. The molecule has 1 fully saturated rings. The lowest BCUT2D eigenvalue weighted by molar-refractivity contribution is -0.149. The van der Waals surface area contributed by atoms with E-state index in [0.717, 1.165) is 24.1 Å². The lowest BCUT2D eigenvalue weighted by Gasteiger charge is -2.37. The van der Waals surface area contributed by atoms with E-state index in [2.05, 4.69) is 17.2 Å². The summed E-state index contributed by atoms with van der Waals surface area (Å²) in [5.41, 5.74) is -0.646. The largest absolute Gasteiger partial charge is 0.480 e. The van der Waals surface area contributed by atoms with Crippen molar-refractivity contribution in [2.45, 2.75) is 51.0 Å². The second-order valence-electron chi connectivity index (χ2n) is 6.59. The van der Waals surface area contributed by atoms with Gasteiger partial charge in [-0.1, -0.05) is 19.4 Å². The number of thiophene rings is 1. The van der Waals surface area contributed by atoms with Crippen molar-refractivity contribution in [3.63, 3.8) is 0 Å². The maximum Gasteiger partial charge on any atom is 0.329 e. The number of rotatable bonds is 6. The highest BCUT2D eigenvalue weighted by Gasteiger charge is 2.42. The van der Waals surface area contributed by atoms with Crippen LogP contribution in [0.25, 0.3) is 10.8 Å². The molecule has 1 amide bonds. The van der Waals surface area contributed by atoms with E-state index in [1.807, 2.05) is 17.5 Å². The summed E-state index contributed by atoms with van der Waals surface area (Å²) in [4.78, 5) is 29.4. The first-order valence-corrected chi connectivity index (χ1v) is 9.43. The van der Waals surface area contributed by atoms with Crippen LogP contribution in [0.3, 0.4) is 0 Å². The van der Waals surface area contributed by atoms with Crippen molar-refractivity contribution in [2.75, 3.05) is 0 Å². The molecule has 0 atom stereocenters. The molecule has 1 aliphatic carbocycles. The first-order chi connectivity index (χ1) is 12.0. The number of carboxylic acid groups (broad SMARTS) is 1. The van der Waals surface area contributed by atoms with Crippen LogP contribution in [-0.2, 0) is 16.0 Å². The average molecular weight is 362 g/mol. The standard InChI is InChI=1S/C18H22N2O4S/c1-2-12-5-7-18(8-6-12,17(22)23)20-15(21)10-13-11-24-16(19-13)14-4-3-9-25-14/h3-4,9,11-12H,2,5-8,10H2,1H3,(H,20,21)(H,22,23). The van der Waals surface area contributed by atoms with Crippen LogP contribution in [0.2, 0.25) is 0 Å². The van der Waals surface area contributed by atoms with Gasteiger partial charge in [-0.2, -0.15) is 0 Å². The number of nitrogens with one attached hydrogen (secondary N) is 1. The highest BCUT2D eigenvalue weighted by Crippen LogP contribution is 2.34. The minimum Gasteiger partial charge on any atom is -0.480 e. The Morgan fingerprint density at radius 3 is 2.80 bits per heavy atom. The Labute approximate surface area is 150 Å². The van der Waals surface area contributed by atoms with Crippen LogP contribution in [0.15, 0.2) is 28.2 Å². The minimum atomic E-state index is -1.15. The molecule has 2 heterocycles. The van der Waals surface area contributed by atoms with E-state index in [0.29, 0.717) is 30.3 Å². The Bertz CT molecular complexity index is 730. The molecule has 0 aromatic carbocycles. The van der Waals surface area contributed by atoms with Gasteiger partial charge in [0, 0.05) is 0 Å². The zero-order chi connectivity index (χ0) is 17.9. The van der Waals surface area contributed by atoms with Crippen molar-refractivity contribution < 1.29 is 19.1 Å². The first kappa shape index (κ1) is 17.7. The van der Waals surface area contributed by atoms with Gasteiger partial charge < -0.3 is 14.8 Å². The lowest BCUT2D eigenvalue weighted by atomic mass is 9.75. The van der Waals surface area contributed by atoms with Gasteiger partial charge in [-0.15, -0.1) is 11.3 Å². The third kappa shape index (κ3) is 3.92. The zero-order valence-electron chi connectivity index (χ0n) is 14.2. The number of nitrogens with zero attached hydrogens (tertiary/aromatic N) is 1. The SMILES string of the molecule is CCC1CCC(NC(=O)Cc2coc(-c3cccs3)n2)(C(=O)O)CC1. The summed E-state index contributed by atoms with van der Waals surface area (Å²) >= 11 is 1.51. The minimum absolute atomic E-state index is 0.0150.